The Balaban J connectivity index is 2.31. The highest BCUT2D eigenvalue weighted by atomic mass is 32.2. The molecule has 18 heavy (non-hydrogen) atoms. The summed E-state index contributed by atoms with van der Waals surface area (Å²) in [6.45, 7) is 3.60. The van der Waals surface area contributed by atoms with E-state index in [9.17, 15) is 8.42 Å². The highest BCUT2D eigenvalue weighted by Gasteiger charge is 2.22. The number of aryl methyl sites for hydroxylation is 2. The summed E-state index contributed by atoms with van der Waals surface area (Å²) in [5.74, 6) is 0.0261. The normalized spacial score (nSPS) is 20.6. The predicted molar refractivity (Wildman–Crippen MR) is 68.8 cm³/mol. The number of aromatic nitrogens is 1. The zero-order valence-corrected chi connectivity index (χ0v) is 11.0. The Bertz CT molecular complexity index is 657. The number of nitriles is 1. The molecule has 0 fully saturated rings. The van der Waals surface area contributed by atoms with Gasteiger partial charge in [0.1, 0.15) is 6.07 Å². The number of sulfone groups is 1. The molecule has 0 saturated heterocycles. The van der Waals surface area contributed by atoms with Crippen LogP contribution in [0.15, 0.2) is 17.6 Å². The van der Waals surface area contributed by atoms with Crippen LogP contribution in [0.4, 0.5) is 5.69 Å². The third-order valence-corrected chi connectivity index (χ3v) is 4.11. The molecule has 0 saturated carbocycles. The first-order valence-electron chi connectivity index (χ1n) is 5.47. The highest BCUT2D eigenvalue weighted by Crippen LogP contribution is 2.21. The minimum Gasteiger partial charge on any atom is -0.377 e. The van der Waals surface area contributed by atoms with Crippen LogP contribution in [0.2, 0.25) is 0 Å². The van der Waals surface area contributed by atoms with Gasteiger partial charge < -0.3 is 5.32 Å². The fourth-order valence-electron chi connectivity index (χ4n) is 1.95. The van der Waals surface area contributed by atoms with Crippen molar-refractivity contribution in [1.29, 1.82) is 5.26 Å². The van der Waals surface area contributed by atoms with Gasteiger partial charge in [0, 0.05) is 11.1 Å². The zero-order valence-electron chi connectivity index (χ0n) is 10.1. The molecule has 1 aliphatic heterocycles. The molecule has 1 unspecified atom stereocenters. The first kappa shape index (κ1) is 12.6. The minimum atomic E-state index is -3.10. The maximum atomic E-state index is 11.3. The largest absolute Gasteiger partial charge is 0.377 e. The van der Waals surface area contributed by atoms with Crippen LogP contribution in [0.1, 0.15) is 17.0 Å². The van der Waals surface area contributed by atoms with Gasteiger partial charge in [-0.25, -0.2) is 8.42 Å². The van der Waals surface area contributed by atoms with Crippen molar-refractivity contribution in [3.8, 4) is 6.07 Å². The van der Waals surface area contributed by atoms with E-state index in [1.54, 1.807) is 19.1 Å². The van der Waals surface area contributed by atoms with Crippen molar-refractivity contribution in [1.82, 2.24) is 4.98 Å². The van der Waals surface area contributed by atoms with E-state index in [0.29, 0.717) is 16.9 Å². The van der Waals surface area contributed by atoms with Crippen molar-refractivity contribution in [2.45, 2.75) is 19.9 Å². The van der Waals surface area contributed by atoms with E-state index in [4.69, 9.17) is 5.26 Å². The predicted octanol–water partition coefficient (Wildman–Crippen LogP) is 1.29. The molecule has 1 aromatic heterocycles. The zero-order chi connectivity index (χ0) is 13.3. The fraction of sp³-hybridized carbons (Fsp3) is 0.333. The maximum absolute atomic E-state index is 11.3. The molecule has 0 aromatic carbocycles. The summed E-state index contributed by atoms with van der Waals surface area (Å²) in [6, 6.07) is 3.55. The topological polar surface area (TPSA) is 82.9 Å². The van der Waals surface area contributed by atoms with Gasteiger partial charge in [-0.2, -0.15) is 5.26 Å². The van der Waals surface area contributed by atoms with E-state index in [1.165, 1.54) is 5.41 Å². The average molecular weight is 263 g/mol. The van der Waals surface area contributed by atoms with Crippen molar-refractivity contribution in [3.05, 3.63) is 34.5 Å². The molecule has 6 heteroatoms. The van der Waals surface area contributed by atoms with Crippen molar-refractivity contribution >= 4 is 15.5 Å². The molecule has 1 aliphatic rings. The van der Waals surface area contributed by atoms with Gasteiger partial charge >= 0.3 is 0 Å². The van der Waals surface area contributed by atoms with Crippen LogP contribution in [-0.4, -0.2) is 25.2 Å². The lowest BCUT2D eigenvalue weighted by Crippen LogP contribution is -2.21. The maximum Gasteiger partial charge on any atom is 0.173 e. The van der Waals surface area contributed by atoms with Gasteiger partial charge in [0.05, 0.1) is 28.7 Å². The Morgan fingerprint density at radius 3 is 2.78 bits per heavy atom. The second-order valence-electron chi connectivity index (χ2n) is 4.29. The Hall–Kier alpha value is -1.87. The van der Waals surface area contributed by atoms with E-state index in [2.05, 4.69) is 16.4 Å². The van der Waals surface area contributed by atoms with Gasteiger partial charge in [-0.15, -0.1) is 0 Å². The van der Waals surface area contributed by atoms with Gasteiger partial charge in [-0.3, -0.25) is 4.98 Å². The molecule has 1 aromatic rings. The molecule has 0 radical (unpaired) electrons. The molecule has 0 spiro atoms. The Morgan fingerprint density at radius 1 is 1.50 bits per heavy atom. The standard InChI is InChI=1S/C12H13N3O2S/c1-8-5-12(11(6-13)9(2)14-8)15-10-3-4-18(16,17)7-10/h3-5,10H,7H2,1-2H3,(H,14,15). The van der Waals surface area contributed by atoms with E-state index >= 15 is 0 Å². The third kappa shape index (κ3) is 2.51. The molecule has 5 nitrogen and oxygen atoms in total. The Morgan fingerprint density at radius 2 is 2.22 bits per heavy atom. The van der Waals surface area contributed by atoms with Crippen LogP contribution in [-0.2, 0) is 9.84 Å². The van der Waals surface area contributed by atoms with Crippen molar-refractivity contribution in [3.63, 3.8) is 0 Å². The highest BCUT2D eigenvalue weighted by molar-refractivity contribution is 7.94. The van der Waals surface area contributed by atoms with Crippen LogP contribution >= 0.6 is 0 Å². The second-order valence-corrected chi connectivity index (χ2v) is 6.22. The number of nitrogens with one attached hydrogen (secondary N) is 1. The molecular weight excluding hydrogens is 250 g/mol. The molecule has 0 amide bonds. The monoisotopic (exact) mass is 263 g/mol. The third-order valence-electron chi connectivity index (χ3n) is 2.71. The lowest BCUT2D eigenvalue weighted by molar-refractivity contribution is 0.605. The minimum absolute atomic E-state index is 0.0261. The number of hydrogen-bond acceptors (Lipinski definition) is 5. The summed E-state index contributed by atoms with van der Waals surface area (Å²) >= 11 is 0. The van der Waals surface area contributed by atoms with Gasteiger partial charge in [0.15, 0.2) is 9.84 Å². The average Bonchev–Trinajstić information content (AvgIpc) is 2.57. The van der Waals surface area contributed by atoms with Gasteiger partial charge in [0.25, 0.3) is 0 Å². The van der Waals surface area contributed by atoms with Crippen molar-refractivity contribution in [2.24, 2.45) is 0 Å². The van der Waals surface area contributed by atoms with Crippen LogP contribution < -0.4 is 5.32 Å². The number of pyridine rings is 1. The van der Waals surface area contributed by atoms with Crippen LogP contribution in [0.5, 0.6) is 0 Å². The summed E-state index contributed by atoms with van der Waals surface area (Å²) in [4.78, 5) is 4.21. The lowest BCUT2D eigenvalue weighted by atomic mass is 10.1. The van der Waals surface area contributed by atoms with Gasteiger partial charge in [-0.05, 0) is 19.9 Å². The summed E-state index contributed by atoms with van der Waals surface area (Å²) in [6.07, 6.45) is 1.60. The number of hydrogen-bond donors (Lipinski definition) is 1. The molecule has 0 bridgehead atoms. The van der Waals surface area contributed by atoms with E-state index in [1.807, 2.05) is 6.92 Å². The summed E-state index contributed by atoms with van der Waals surface area (Å²) in [5.41, 5.74) is 2.52. The van der Waals surface area contributed by atoms with Crippen LogP contribution in [0.25, 0.3) is 0 Å². The van der Waals surface area contributed by atoms with Crippen LogP contribution in [0.3, 0.4) is 0 Å². The fourth-order valence-corrected chi connectivity index (χ4v) is 3.18. The number of anilines is 1. The first-order valence-corrected chi connectivity index (χ1v) is 7.18. The quantitative estimate of drug-likeness (QED) is 0.869. The SMILES string of the molecule is Cc1cc(NC2C=CS(=O)(=O)C2)c(C#N)c(C)n1. The first-order chi connectivity index (χ1) is 8.41. The smallest absolute Gasteiger partial charge is 0.173 e. The van der Waals surface area contributed by atoms with Crippen LogP contribution in [0, 0.1) is 25.2 Å². The molecule has 0 aliphatic carbocycles. The van der Waals surface area contributed by atoms with Gasteiger partial charge in [0.2, 0.25) is 0 Å². The van der Waals surface area contributed by atoms with Crippen molar-refractivity contribution in [2.75, 3.05) is 11.1 Å². The summed E-state index contributed by atoms with van der Waals surface area (Å²) in [7, 11) is -3.10. The van der Waals surface area contributed by atoms with Crippen molar-refractivity contribution < 1.29 is 8.42 Å². The Labute approximate surface area is 106 Å². The van der Waals surface area contributed by atoms with Gasteiger partial charge in [-0.1, -0.05) is 6.08 Å². The lowest BCUT2D eigenvalue weighted by Gasteiger charge is -2.14. The summed E-state index contributed by atoms with van der Waals surface area (Å²) in [5, 5.41) is 13.4. The molecule has 1 N–H and O–H groups in total. The molecule has 2 rings (SSSR count). The second kappa shape index (κ2) is 4.42. The molecule has 1 atom stereocenters. The van der Waals surface area contributed by atoms with E-state index in [-0.39, 0.29) is 11.8 Å². The molecular formula is C12H13N3O2S. The molecule has 94 valence electrons. The van der Waals surface area contributed by atoms with E-state index < -0.39 is 9.84 Å². The van der Waals surface area contributed by atoms with E-state index in [0.717, 1.165) is 5.69 Å². The Kier molecular flexibility index (Phi) is 3.09. The molecule has 2 heterocycles. The number of rotatable bonds is 2. The summed E-state index contributed by atoms with van der Waals surface area (Å²) < 4.78 is 22.6. The number of nitrogens with zero attached hydrogens (tertiary/aromatic N) is 2.